The van der Waals surface area contributed by atoms with Crippen molar-refractivity contribution < 1.29 is 14.6 Å². The lowest BCUT2D eigenvalue weighted by Gasteiger charge is -2.37. The summed E-state index contributed by atoms with van der Waals surface area (Å²) in [6.07, 6.45) is 0. The second kappa shape index (κ2) is 4.64. The number of carbonyl (C=O) groups excluding carboxylic acids is 1. The first-order valence-corrected chi connectivity index (χ1v) is 5.22. The summed E-state index contributed by atoms with van der Waals surface area (Å²) < 4.78 is 4.51. The molecule has 2 heterocycles. The molecule has 1 aliphatic heterocycles. The number of aromatic nitrogens is 2. The Hall–Kier alpha value is -1.73. The molecule has 3 N–H and O–H groups in total. The molecule has 0 aromatic carbocycles. The summed E-state index contributed by atoms with van der Waals surface area (Å²) in [6.45, 7) is 1.52. The topological polar surface area (TPSA) is 96.4 Å². The molecule has 0 aliphatic carbocycles. The lowest BCUT2D eigenvalue weighted by Crippen LogP contribution is -2.63. The quantitative estimate of drug-likeness (QED) is 0.579. The van der Waals surface area contributed by atoms with Crippen molar-refractivity contribution in [2.24, 2.45) is 0 Å². The van der Waals surface area contributed by atoms with E-state index in [1.165, 1.54) is 13.2 Å². The van der Waals surface area contributed by atoms with Crippen LogP contribution in [0.2, 0.25) is 0 Å². The molecule has 0 radical (unpaired) electrons. The van der Waals surface area contributed by atoms with Crippen molar-refractivity contribution in [2.75, 3.05) is 32.1 Å². The van der Waals surface area contributed by atoms with Gasteiger partial charge in [0.1, 0.15) is 11.4 Å². The number of hydrogen-bond acceptors (Lipinski definition) is 7. The van der Waals surface area contributed by atoms with Gasteiger partial charge in [-0.15, -0.1) is 10.2 Å². The molecule has 92 valence electrons. The van der Waals surface area contributed by atoms with E-state index in [0.29, 0.717) is 25.5 Å². The zero-order valence-corrected chi connectivity index (χ0v) is 9.43. The Bertz CT molecular complexity index is 403. The van der Waals surface area contributed by atoms with Crippen LogP contribution in [0.5, 0.6) is 0 Å². The maximum absolute atomic E-state index is 11.1. The largest absolute Gasteiger partial charge is 0.464 e. The van der Waals surface area contributed by atoms with E-state index in [9.17, 15) is 9.90 Å². The van der Waals surface area contributed by atoms with Crippen LogP contribution in [-0.2, 0) is 4.74 Å². The van der Waals surface area contributed by atoms with Crippen molar-refractivity contribution in [1.29, 1.82) is 0 Å². The minimum absolute atomic E-state index is 0.155. The van der Waals surface area contributed by atoms with Crippen LogP contribution in [0, 0.1) is 0 Å². The van der Waals surface area contributed by atoms with Crippen molar-refractivity contribution in [3.8, 4) is 0 Å². The van der Waals surface area contributed by atoms with Gasteiger partial charge in [-0.1, -0.05) is 0 Å². The molecule has 1 fully saturated rings. The van der Waals surface area contributed by atoms with Crippen LogP contribution in [0.3, 0.4) is 0 Å². The lowest BCUT2D eigenvalue weighted by atomic mass is 9.97. The van der Waals surface area contributed by atoms with Crippen molar-refractivity contribution in [3.63, 3.8) is 0 Å². The third-order valence-corrected chi connectivity index (χ3v) is 2.57. The van der Waals surface area contributed by atoms with Crippen molar-refractivity contribution in [3.05, 3.63) is 17.8 Å². The molecule has 0 atom stereocenters. The molecule has 1 aromatic heterocycles. The van der Waals surface area contributed by atoms with Crippen LogP contribution in [0.1, 0.15) is 10.5 Å². The van der Waals surface area contributed by atoms with E-state index < -0.39 is 11.6 Å². The number of nitrogens with zero attached hydrogens (tertiary/aromatic N) is 2. The van der Waals surface area contributed by atoms with Gasteiger partial charge in [-0.3, -0.25) is 0 Å². The Morgan fingerprint density at radius 1 is 1.59 bits per heavy atom. The minimum Gasteiger partial charge on any atom is -0.464 e. The van der Waals surface area contributed by atoms with E-state index in [2.05, 4.69) is 25.6 Å². The predicted octanol–water partition coefficient (Wildman–Crippen LogP) is -0.991. The van der Waals surface area contributed by atoms with E-state index in [-0.39, 0.29) is 5.69 Å². The van der Waals surface area contributed by atoms with Crippen LogP contribution in [0.15, 0.2) is 12.1 Å². The Labute approximate surface area is 98.2 Å². The first kappa shape index (κ1) is 11.7. The molecule has 0 spiro atoms. The van der Waals surface area contributed by atoms with Gasteiger partial charge in [-0.25, -0.2) is 4.79 Å². The van der Waals surface area contributed by atoms with Crippen molar-refractivity contribution in [2.45, 2.75) is 5.60 Å². The standard InChI is InChI=1S/C10H14N4O3/c1-17-9(15)7-2-3-8(14-13-7)12-6-10(16)4-11-5-10/h2-3,11,16H,4-6H2,1H3,(H,12,14). The number of nitrogens with one attached hydrogen (secondary N) is 2. The number of anilines is 1. The van der Waals surface area contributed by atoms with E-state index >= 15 is 0 Å². The van der Waals surface area contributed by atoms with E-state index in [0.717, 1.165) is 0 Å². The van der Waals surface area contributed by atoms with Gasteiger partial charge >= 0.3 is 5.97 Å². The van der Waals surface area contributed by atoms with E-state index in [1.54, 1.807) is 6.07 Å². The molecule has 1 aliphatic rings. The number of esters is 1. The fourth-order valence-corrected chi connectivity index (χ4v) is 1.43. The van der Waals surface area contributed by atoms with Gasteiger partial charge in [-0.05, 0) is 12.1 Å². The normalized spacial score (nSPS) is 17.1. The molecular formula is C10H14N4O3. The molecule has 17 heavy (non-hydrogen) atoms. The molecule has 7 nitrogen and oxygen atoms in total. The Balaban J connectivity index is 1.91. The molecule has 1 aromatic rings. The highest BCUT2D eigenvalue weighted by Gasteiger charge is 2.33. The number of rotatable bonds is 4. The van der Waals surface area contributed by atoms with Gasteiger partial charge < -0.3 is 20.5 Å². The number of ether oxygens (including phenoxy) is 1. The number of methoxy groups -OCH3 is 1. The Morgan fingerprint density at radius 2 is 2.35 bits per heavy atom. The average Bonchev–Trinajstić information content (AvgIpc) is 2.33. The van der Waals surface area contributed by atoms with E-state index in [1.807, 2.05) is 0 Å². The smallest absolute Gasteiger partial charge is 0.358 e. The third-order valence-electron chi connectivity index (χ3n) is 2.57. The lowest BCUT2D eigenvalue weighted by molar-refractivity contribution is 0.00304. The summed E-state index contributed by atoms with van der Waals surface area (Å²) in [4.78, 5) is 11.1. The number of hydrogen-bond donors (Lipinski definition) is 3. The van der Waals surface area contributed by atoms with Crippen LogP contribution < -0.4 is 10.6 Å². The molecule has 0 unspecified atom stereocenters. The molecule has 0 bridgehead atoms. The molecule has 0 amide bonds. The van der Waals surface area contributed by atoms with E-state index in [4.69, 9.17) is 0 Å². The molecule has 0 saturated carbocycles. The third kappa shape index (κ3) is 2.69. The second-order valence-corrected chi connectivity index (χ2v) is 3.98. The van der Waals surface area contributed by atoms with Crippen LogP contribution in [0.4, 0.5) is 5.82 Å². The molecule has 1 saturated heterocycles. The molecule has 7 heteroatoms. The summed E-state index contributed by atoms with van der Waals surface area (Å²) >= 11 is 0. The maximum atomic E-state index is 11.1. The minimum atomic E-state index is -0.720. The SMILES string of the molecule is COC(=O)c1ccc(NCC2(O)CNC2)nn1. The van der Waals surface area contributed by atoms with Gasteiger partial charge in [0, 0.05) is 19.6 Å². The van der Waals surface area contributed by atoms with Gasteiger partial charge in [0.25, 0.3) is 0 Å². The van der Waals surface area contributed by atoms with Crippen molar-refractivity contribution in [1.82, 2.24) is 15.5 Å². The average molecular weight is 238 g/mol. The summed E-state index contributed by atoms with van der Waals surface area (Å²) in [5.41, 5.74) is -0.565. The maximum Gasteiger partial charge on any atom is 0.358 e. The van der Waals surface area contributed by atoms with Crippen LogP contribution in [0.25, 0.3) is 0 Å². The van der Waals surface area contributed by atoms with Gasteiger partial charge in [0.2, 0.25) is 0 Å². The molecule has 2 rings (SSSR count). The Morgan fingerprint density at radius 3 is 2.82 bits per heavy atom. The second-order valence-electron chi connectivity index (χ2n) is 3.98. The highest BCUT2D eigenvalue weighted by Crippen LogP contribution is 2.11. The number of β-amino-alcohol motifs (C(OH)–C–C–N with tert-alkyl or cyclic N) is 1. The number of aliphatic hydroxyl groups is 1. The van der Waals surface area contributed by atoms with Gasteiger partial charge in [0.05, 0.1) is 7.11 Å². The first-order valence-electron chi connectivity index (χ1n) is 5.22. The van der Waals surface area contributed by atoms with Crippen LogP contribution in [-0.4, -0.2) is 53.6 Å². The fraction of sp³-hybridized carbons (Fsp3) is 0.500. The zero-order chi connectivity index (χ0) is 12.3. The number of carbonyl (C=O) groups is 1. The summed E-state index contributed by atoms with van der Waals surface area (Å²) in [7, 11) is 1.29. The van der Waals surface area contributed by atoms with Crippen molar-refractivity contribution >= 4 is 11.8 Å². The zero-order valence-electron chi connectivity index (χ0n) is 9.43. The predicted molar refractivity (Wildman–Crippen MR) is 59.7 cm³/mol. The fourth-order valence-electron chi connectivity index (χ4n) is 1.43. The van der Waals surface area contributed by atoms with Gasteiger partial charge in [0.15, 0.2) is 5.69 Å². The Kier molecular flexibility index (Phi) is 3.21. The monoisotopic (exact) mass is 238 g/mol. The summed E-state index contributed by atoms with van der Waals surface area (Å²) in [5.74, 6) is -0.0103. The summed E-state index contributed by atoms with van der Waals surface area (Å²) in [6, 6.07) is 3.14. The van der Waals surface area contributed by atoms with Gasteiger partial charge in [-0.2, -0.15) is 0 Å². The first-order chi connectivity index (χ1) is 8.13. The highest BCUT2D eigenvalue weighted by molar-refractivity contribution is 5.86. The summed E-state index contributed by atoms with van der Waals surface area (Å²) in [5, 5.41) is 23.3. The molecular weight excluding hydrogens is 224 g/mol. The van der Waals surface area contributed by atoms with Crippen LogP contribution >= 0.6 is 0 Å². The highest BCUT2D eigenvalue weighted by atomic mass is 16.5.